The first-order chi connectivity index (χ1) is 13.0. The van der Waals surface area contributed by atoms with Crippen LogP contribution in [0.25, 0.3) is 0 Å². The average molecular weight is 411 g/mol. The van der Waals surface area contributed by atoms with Gasteiger partial charge in [0.15, 0.2) is 0 Å². The summed E-state index contributed by atoms with van der Waals surface area (Å²) in [5.74, 6) is 1.20. The van der Waals surface area contributed by atoms with Crippen molar-refractivity contribution in [2.24, 2.45) is 0 Å². The quantitative estimate of drug-likeness (QED) is 0.751. The van der Waals surface area contributed by atoms with Crippen LogP contribution in [-0.2, 0) is 10.0 Å². The van der Waals surface area contributed by atoms with E-state index in [-0.39, 0.29) is 17.0 Å². The van der Waals surface area contributed by atoms with Gasteiger partial charge in [-0.25, -0.2) is 18.1 Å². The second kappa shape index (κ2) is 8.91. The van der Waals surface area contributed by atoms with Crippen molar-refractivity contribution in [3.63, 3.8) is 0 Å². The van der Waals surface area contributed by atoms with Crippen molar-refractivity contribution in [1.82, 2.24) is 9.71 Å². The summed E-state index contributed by atoms with van der Waals surface area (Å²) in [5, 5.41) is 0.565. The number of rotatable bonds is 7. The number of nitrogens with zero attached hydrogens (tertiary/aromatic N) is 1. The van der Waals surface area contributed by atoms with Crippen molar-refractivity contribution in [2.45, 2.75) is 49.6 Å². The number of pyridine rings is 1. The molecule has 1 aromatic carbocycles. The van der Waals surface area contributed by atoms with Gasteiger partial charge in [0.05, 0.1) is 16.5 Å². The zero-order chi connectivity index (χ0) is 19.3. The molecule has 3 rings (SSSR count). The molecular weight excluding hydrogens is 388 g/mol. The molecule has 146 valence electrons. The Morgan fingerprint density at radius 1 is 1.11 bits per heavy atom. The molecule has 8 heteroatoms. The fourth-order valence-corrected chi connectivity index (χ4v) is 4.49. The SMILES string of the molecule is CCOc1ccc(S(=O)(=O)NC2CCC(Oc3ccc(Cl)cn3)CC2)cc1. The molecule has 1 aliphatic rings. The van der Waals surface area contributed by atoms with E-state index in [1.54, 1.807) is 42.6 Å². The van der Waals surface area contributed by atoms with Gasteiger partial charge in [-0.1, -0.05) is 11.6 Å². The van der Waals surface area contributed by atoms with E-state index in [1.165, 1.54) is 0 Å². The Labute approximate surface area is 164 Å². The average Bonchev–Trinajstić information content (AvgIpc) is 2.66. The molecule has 2 aromatic rings. The van der Waals surface area contributed by atoms with Crippen LogP contribution in [0.4, 0.5) is 0 Å². The summed E-state index contributed by atoms with van der Waals surface area (Å²) >= 11 is 5.82. The number of nitrogens with one attached hydrogen (secondary N) is 1. The van der Waals surface area contributed by atoms with Gasteiger partial charge in [0.1, 0.15) is 11.9 Å². The summed E-state index contributed by atoms with van der Waals surface area (Å²) in [6.45, 7) is 2.43. The Bertz CT molecular complexity index is 833. The lowest BCUT2D eigenvalue weighted by molar-refractivity contribution is 0.138. The van der Waals surface area contributed by atoms with Gasteiger partial charge in [0.2, 0.25) is 15.9 Å². The predicted molar refractivity (Wildman–Crippen MR) is 104 cm³/mol. The standard InChI is InChI=1S/C19H23ClN2O4S/c1-2-25-16-8-10-18(11-9-16)27(23,24)22-15-4-6-17(7-5-15)26-19-12-3-14(20)13-21-19/h3,8-13,15,17,22H,2,4-7H2,1H3. The predicted octanol–water partition coefficient (Wildman–Crippen LogP) is 3.80. The summed E-state index contributed by atoms with van der Waals surface area (Å²) in [4.78, 5) is 4.38. The zero-order valence-electron chi connectivity index (χ0n) is 15.1. The van der Waals surface area contributed by atoms with Gasteiger partial charge in [-0.15, -0.1) is 0 Å². The molecule has 0 atom stereocenters. The number of benzene rings is 1. The lowest BCUT2D eigenvalue weighted by Gasteiger charge is -2.29. The van der Waals surface area contributed by atoms with Crippen molar-refractivity contribution >= 4 is 21.6 Å². The van der Waals surface area contributed by atoms with Crippen molar-refractivity contribution in [1.29, 1.82) is 0 Å². The first-order valence-electron chi connectivity index (χ1n) is 8.99. The van der Waals surface area contributed by atoms with Crippen molar-refractivity contribution in [3.05, 3.63) is 47.6 Å². The van der Waals surface area contributed by atoms with Gasteiger partial charge in [-0.3, -0.25) is 0 Å². The summed E-state index contributed by atoms with van der Waals surface area (Å²) in [6, 6.07) is 9.84. The molecule has 0 spiro atoms. The third-order valence-corrected chi connectivity index (χ3v) is 6.19. The smallest absolute Gasteiger partial charge is 0.240 e. The summed E-state index contributed by atoms with van der Waals surface area (Å²) < 4.78 is 39.1. The molecule has 1 heterocycles. The van der Waals surface area contributed by atoms with E-state index < -0.39 is 10.0 Å². The molecule has 1 aliphatic carbocycles. The lowest BCUT2D eigenvalue weighted by atomic mass is 9.94. The highest BCUT2D eigenvalue weighted by atomic mass is 35.5. The minimum atomic E-state index is -3.55. The molecule has 0 aliphatic heterocycles. The van der Waals surface area contributed by atoms with Gasteiger partial charge < -0.3 is 9.47 Å². The van der Waals surface area contributed by atoms with Crippen LogP contribution in [0.2, 0.25) is 5.02 Å². The summed E-state index contributed by atoms with van der Waals surface area (Å²) in [7, 11) is -3.55. The van der Waals surface area contributed by atoms with Crippen LogP contribution in [0.1, 0.15) is 32.6 Å². The maximum absolute atomic E-state index is 12.6. The molecule has 0 radical (unpaired) electrons. The van der Waals surface area contributed by atoms with Crippen LogP contribution in [0.3, 0.4) is 0 Å². The molecule has 0 amide bonds. The van der Waals surface area contributed by atoms with Gasteiger partial charge in [-0.2, -0.15) is 0 Å². The van der Waals surface area contributed by atoms with Crippen LogP contribution in [0.5, 0.6) is 11.6 Å². The number of halogens is 1. The molecule has 6 nitrogen and oxygen atoms in total. The third-order valence-electron chi connectivity index (χ3n) is 4.43. The van der Waals surface area contributed by atoms with E-state index in [0.29, 0.717) is 36.1 Å². The minimum Gasteiger partial charge on any atom is -0.494 e. The van der Waals surface area contributed by atoms with Crippen molar-refractivity contribution < 1.29 is 17.9 Å². The molecule has 1 saturated carbocycles. The number of hydrogen-bond donors (Lipinski definition) is 1. The monoisotopic (exact) mass is 410 g/mol. The molecular formula is C19H23ClN2O4S. The number of hydrogen-bond acceptors (Lipinski definition) is 5. The normalized spacial score (nSPS) is 20.2. The Balaban J connectivity index is 1.52. The third kappa shape index (κ3) is 5.57. The Morgan fingerprint density at radius 2 is 1.81 bits per heavy atom. The first-order valence-corrected chi connectivity index (χ1v) is 10.9. The van der Waals surface area contributed by atoms with E-state index in [1.807, 2.05) is 6.92 Å². The van der Waals surface area contributed by atoms with E-state index in [2.05, 4.69) is 9.71 Å². The molecule has 1 fully saturated rings. The second-order valence-corrected chi connectivity index (χ2v) is 8.58. The fourth-order valence-electron chi connectivity index (χ4n) is 3.07. The minimum absolute atomic E-state index is 0.0323. The number of ether oxygens (including phenoxy) is 2. The van der Waals surface area contributed by atoms with E-state index in [9.17, 15) is 8.42 Å². The van der Waals surface area contributed by atoms with Gasteiger partial charge in [-0.05, 0) is 62.9 Å². The highest BCUT2D eigenvalue weighted by molar-refractivity contribution is 7.89. The van der Waals surface area contributed by atoms with E-state index in [0.717, 1.165) is 12.8 Å². The Morgan fingerprint density at radius 3 is 2.41 bits per heavy atom. The maximum atomic E-state index is 12.6. The van der Waals surface area contributed by atoms with Crippen LogP contribution in [-0.4, -0.2) is 32.2 Å². The number of aromatic nitrogens is 1. The topological polar surface area (TPSA) is 77.5 Å². The highest BCUT2D eigenvalue weighted by Crippen LogP contribution is 2.25. The highest BCUT2D eigenvalue weighted by Gasteiger charge is 2.26. The Hall–Kier alpha value is -1.83. The van der Waals surface area contributed by atoms with Crippen LogP contribution >= 0.6 is 11.6 Å². The lowest BCUT2D eigenvalue weighted by Crippen LogP contribution is -2.39. The van der Waals surface area contributed by atoms with Gasteiger partial charge >= 0.3 is 0 Å². The van der Waals surface area contributed by atoms with Crippen LogP contribution in [0, 0.1) is 0 Å². The maximum Gasteiger partial charge on any atom is 0.240 e. The van der Waals surface area contributed by atoms with Gasteiger partial charge in [0, 0.05) is 18.3 Å². The summed E-state index contributed by atoms with van der Waals surface area (Å²) in [6.07, 6.45) is 4.54. The largest absolute Gasteiger partial charge is 0.494 e. The molecule has 1 aromatic heterocycles. The molecule has 1 N–H and O–H groups in total. The number of sulfonamides is 1. The Kier molecular flexibility index (Phi) is 6.57. The zero-order valence-corrected chi connectivity index (χ0v) is 16.7. The summed E-state index contributed by atoms with van der Waals surface area (Å²) in [5.41, 5.74) is 0. The van der Waals surface area contributed by atoms with E-state index in [4.69, 9.17) is 21.1 Å². The van der Waals surface area contributed by atoms with Crippen molar-refractivity contribution in [2.75, 3.05) is 6.61 Å². The molecule has 0 saturated heterocycles. The van der Waals surface area contributed by atoms with E-state index >= 15 is 0 Å². The molecule has 0 unspecified atom stereocenters. The van der Waals surface area contributed by atoms with Crippen LogP contribution < -0.4 is 14.2 Å². The van der Waals surface area contributed by atoms with Gasteiger partial charge in [0.25, 0.3) is 0 Å². The first kappa shape index (κ1) is 19.9. The second-order valence-electron chi connectivity index (χ2n) is 6.43. The van der Waals surface area contributed by atoms with Crippen molar-refractivity contribution in [3.8, 4) is 11.6 Å². The fraction of sp³-hybridized carbons (Fsp3) is 0.421. The molecule has 0 bridgehead atoms. The van der Waals surface area contributed by atoms with Crippen LogP contribution in [0.15, 0.2) is 47.5 Å². The molecule has 27 heavy (non-hydrogen) atoms.